The van der Waals surface area contributed by atoms with Crippen molar-refractivity contribution >= 4 is 39.3 Å². The highest BCUT2D eigenvalue weighted by molar-refractivity contribution is 7.99. The van der Waals surface area contributed by atoms with Crippen molar-refractivity contribution in [1.82, 2.24) is 9.97 Å². The number of thiophene rings is 1. The van der Waals surface area contributed by atoms with Gasteiger partial charge in [-0.25, -0.2) is 9.97 Å². The molecule has 0 saturated heterocycles. The summed E-state index contributed by atoms with van der Waals surface area (Å²) in [5, 5.41) is 5.29. The number of nitrogens with zero attached hydrogens (tertiary/aromatic N) is 2. The molecule has 4 nitrogen and oxygen atoms in total. The standard InChI is InChI=1S/C13H19N3OS2/c1-4-9-8-10-11(18-7-5-6-17-3)15-13(14-2)16-12(10)19-9/h8H,4-7H2,1-3H3,(H,14,15,16). The largest absolute Gasteiger partial charge is 0.385 e. The molecule has 6 heteroatoms. The molecule has 1 N–H and O–H groups in total. The molecule has 0 saturated carbocycles. The van der Waals surface area contributed by atoms with E-state index in [4.69, 9.17) is 4.74 Å². The minimum absolute atomic E-state index is 0.700. The van der Waals surface area contributed by atoms with Crippen molar-refractivity contribution in [3.63, 3.8) is 0 Å². The van der Waals surface area contributed by atoms with Gasteiger partial charge in [0.15, 0.2) is 0 Å². The summed E-state index contributed by atoms with van der Waals surface area (Å²) in [5.74, 6) is 1.71. The third-order valence-corrected chi connectivity index (χ3v) is 4.96. The topological polar surface area (TPSA) is 47.0 Å². The van der Waals surface area contributed by atoms with E-state index < -0.39 is 0 Å². The van der Waals surface area contributed by atoms with Gasteiger partial charge in [0, 0.05) is 36.8 Å². The zero-order chi connectivity index (χ0) is 13.7. The number of aromatic nitrogens is 2. The van der Waals surface area contributed by atoms with E-state index in [1.54, 1.807) is 30.2 Å². The van der Waals surface area contributed by atoms with Gasteiger partial charge in [0.1, 0.15) is 9.86 Å². The van der Waals surface area contributed by atoms with Gasteiger partial charge in [0.2, 0.25) is 5.95 Å². The van der Waals surface area contributed by atoms with Crippen molar-refractivity contribution in [3.05, 3.63) is 10.9 Å². The second-order valence-corrected chi connectivity index (χ2v) is 6.28. The summed E-state index contributed by atoms with van der Waals surface area (Å²) >= 11 is 3.53. The SMILES string of the molecule is CCc1cc2c(SCCCOC)nc(NC)nc2s1. The molecular weight excluding hydrogens is 278 g/mol. The van der Waals surface area contributed by atoms with Crippen LogP contribution in [0.15, 0.2) is 11.1 Å². The first-order valence-electron chi connectivity index (χ1n) is 6.38. The fraction of sp³-hybridized carbons (Fsp3) is 0.538. The van der Waals surface area contributed by atoms with Crippen LogP contribution in [0, 0.1) is 0 Å². The molecule has 19 heavy (non-hydrogen) atoms. The molecule has 0 bridgehead atoms. The molecule has 0 aromatic carbocycles. The normalized spacial score (nSPS) is 11.1. The Hall–Kier alpha value is -0.850. The summed E-state index contributed by atoms with van der Waals surface area (Å²) in [6.45, 7) is 2.96. The van der Waals surface area contributed by atoms with Crippen molar-refractivity contribution in [1.29, 1.82) is 0 Å². The molecule has 0 aliphatic heterocycles. The molecule has 0 unspecified atom stereocenters. The Kier molecular flexibility index (Phi) is 5.42. The summed E-state index contributed by atoms with van der Waals surface area (Å²) in [6, 6.07) is 2.22. The first-order valence-corrected chi connectivity index (χ1v) is 8.18. The van der Waals surface area contributed by atoms with Crippen molar-refractivity contribution < 1.29 is 4.74 Å². The number of anilines is 1. The van der Waals surface area contributed by atoms with E-state index in [9.17, 15) is 0 Å². The maximum absolute atomic E-state index is 5.08. The Morgan fingerprint density at radius 2 is 2.26 bits per heavy atom. The van der Waals surface area contributed by atoms with Gasteiger partial charge >= 0.3 is 0 Å². The molecule has 2 rings (SSSR count). The zero-order valence-electron chi connectivity index (χ0n) is 11.5. The summed E-state index contributed by atoms with van der Waals surface area (Å²) < 4.78 is 5.08. The lowest BCUT2D eigenvalue weighted by Crippen LogP contribution is -1.98. The van der Waals surface area contributed by atoms with Crippen LogP contribution in [0.2, 0.25) is 0 Å². The summed E-state index contributed by atoms with van der Waals surface area (Å²) in [6.07, 6.45) is 2.08. The van der Waals surface area contributed by atoms with Crippen molar-refractivity contribution in [2.45, 2.75) is 24.8 Å². The van der Waals surface area contributed by atoms with Crippen LogP contribution in [0.5, 0.6) is 0 Å². The molecule has 0 aliphatic carbocycles. The van der Waals surface area contributed by atoms with Gasteiger partial charge in [-0.05, 0) is 18.9 Å². The number of hydrogen-bond acceptors (Lipinski definition) is 6. The molecule has 2 heterocycles. The monoisotopic (exact) mass is 297 g/mol. The minimum atomic E-state index is 0.700. The van der Waals surface area contributed by atoms with Gasteiger partial charge in [0.25, 0.3) is 0 Å². The van der Waals surface area contributed by atoms with E-state index in [0.717, 1.165) is 35.1 Å². The maximum atomic E-state index is 5.08. The lowest BCUT2D eigenvalue weighted by molar-refractivity contribution is 0.200. The van der Waals surface area contributed by atoms with E-state index in [1.165, 1.54) is 10.3 Å². The summed E-state index contributed by atoms with van der Waals surface area (Å²) in [5.41, 5.74) is 0. The van der Waals surface area contributed by atoms with Gasteiger partial charge in [-0.3, -0.25) is 0 Å². The Labute approximate surface area is 122 Å². The number of rotatable bonds is 7. The van der Waals surface area contributed by atoms with Crippen LogP contribution in [0.3, 0.4) is 0 Å². The van der Waals surface area contributed by atoms with Crippen LogP contribution in [0.25, 0.3) is 10.2 Å². The number of ether oxygens (including phenoxy) is 1. The molecular formula is C13H19N3OS2. The molecule has 0 atom stereocenters. The molecule has 2 aromatic heterocycles. The fourth-order valence-corrected chi connectivity index (χ4v) is 3.66. The van der Waals surface area contributed by atoms with Crippen LogP contribution >= 0.6 is 23.1 Å². The average Bonchev–Trinajstić information content (AvgIpc) is 2.86. The van der Waals surface area contributed by atoms with Crippen molar-refractivity contribution in [3.8, 4) is 0 Å². The van der Waals surface area contributed by atoms with E-state index in [-0.39, 0.29) is 0 Å². The molecule has 0 aliphatic rings. The molecule has 2 aromatic rings. The first-order chi connectivity index (χ1) is 9.28. The average molecular weight is 297 g/mol. The third-order valence-electron chi connectivity index (χ3n) is 2.71. The quantitative estimate of drug-likeness (QED) is 0.482. The lowest BCUT2D eigenvalue weighted by Gasteiger charge is -2.05. The van der Waals surface area contributed by atoms with Gasteiger partial charge in [-0.2, -0.15) is 0 Å². The molecule has 0 fully saturated rings. The van der Waals surface area contributed by atoms with Crippen LogP contribution in [-0.2, 0) is 11.2 Å². The second kappa shape index (κ2) is 7.07. The minimum Gasteiger partial charge on any atom is -0.385 e. The lowest BCUT2D eigenvalue weighted by atomic mass is 10.3. The number of fused-ring (bicyclic) bond motifs is 1. The van der Waals surface area contributed by atoms with E-state index >= 15 is 0 Å². The van der Waals surface area contributed by atoms with E-state index in [1.807, 2.05) is 7.05 Å². The van der Waals surface area contributed by atoms with Gasteiger partial charge in [-0.15, -0.1) is 23.1 Å². The highest BCUT2D eigenvalue weighted by Crippen LogP contribution is 2.32. The molecule has 0 spiro atoms. The van der Waals surface area contributed by atoms with Crippen LogP contribution in [-0.4, -0.2) is 36.5 Å². The Morgan fingerprint density at radius 3 is 2.95 bits per heavy atom. The predicted octanol–water partition coefficient (Wildman–Crippen LogP) is 3.42. The van der Waals surface area contributed by atoms with Crippen LogP contribution < -0.4 is 5.32 Å². The molecule has 0 amide bonds. The van der Waals surface area contributed by atoms with Gasteiger partial charge in [0.05, 0.1) is 0 Å². The Balaban J connectivity index is 2.25. The van der Waals surface area contributed by atoms with Crippen LogP contribution in [0.1, 0.15) is 18.2 Å². The Bertz CT molecular complexity index is 542. The second-order valence-electron chi connectivity index (χ2n) is 4.08. The predicted molar refractivity (Wildman–Crippen MR) is 83.6 cm³/mol. The van der Waals surface area contributed by atoms with Crippen molar-refractivity contribution in [2.75, 3.05) is 31.8 Å². The van der Waals surface area contributed by atoms with Gasteiger partial charge < -0.3 is 10.1 Å². The Morgan fingerprint density at radius 1 is 1.42 bits per heavy atom. The van der Waals surface area contributed by atoms with Crippen molar-refractivity contribution in [2.24, 2.45) is 0 Å². The number of aryl methyl sites for hydroxylation is 1. The van der Waals surface area contributed by atoms with Crippen LogP contribution in [0.4, 0.5) is 5.95 Å². The number of nitrogens with one attached hydrogen (secondary N) is 1. The zero-order valence-corrected chi connectivity index (χ0v) is 13.2. The maximum Gasteiger partial charge on any atom is 0.224 e. The highest BCUT2D eigenvalue weighted by atomic mass is 32.2. The van der Waals surface area contributed by atoms with E-state index in [2.05, 4.69) is 28.3 Å². The number of methoxy groups -OCH3 is 1. The molecule has 0 radical (unpaired) electrons. The fourth-order valence-electron chi connectivity index (χ4n) is 1.71. The summed E-state index contributed by atoms with van der Waals surface area (Å²) in [7, 11) is 3.59. The highest BCUT2D eigenvalue weighted by Gasteiger charge is 2.11. The van der Waals surface area contributed by atoms with E-state index in [0.29, 0.717) is 5.95 Å². The molecule has 104 valence electrons. The smallest absolute Gasteiger partial charge is 0.224 e. The number of thioether (sulfide) groups is 1. The van der Waals surface area contributed by atoms with Gasteiger partial charge in [-0.1, -0.05) is 6.92 Å². The number of hydrogen-bond donors (Lipinski definition) is 1. The third kappa shape index (κ3) is 3.58. The first kappa shape index (κ1) is 14.6. The summed E-state index contributed by atoms with van der Waals surface area (Å²) in [4.78, 5) is 11.5.